The molecule has 1 amide bonds. The molecule has 0 bridgehead atoms. The topological polar surface area (TPSA) is 76.4 Å². The van der Waals surface area contributed by atoms with Gasteiger partial charge in [-0.2, -0.15) is 0 Å². The van der Waals surface area contributed by atoms with E-state index in [2.05, 4.69) is 5.32 Å². The van der Waals surface area contributed by atoms with Crippen LogP contribution in [0.4, 0.5) is 4.39 Å². The van der Waals surface area contributed by atoms with Gasteiger partial charge in [-0.05, 0) is 36.8 Å². The second-order valence-electron chi connectivity index (χ2n) is 5.62. The summed E-state index contributed by atoms with van der Waals surface area (Å²) in [6.45, 7) is 0. The van der Waals surface area contributed by atoms with E-state index in [1.807, 2.05) is 0 Å². The fourth-order valence-electron chi connectivity index (χ4n) is 2.56. The van der Waals surface area contributed by atoms with E-state index in [0.29, 0.717) is 23.5 Å². The lowest BCUT2D eigenvalue weighted by Crippen LogP contribution is -2.34. The molecule has 7 heteroatoms. The molecular formula is C17H16FNO4S. The highest BCUT2D eigenvalue weighted by molar-refractivity contribution is 7.91. The molecule has 1 fully saturated rings. The third-order valence-electron chi connectivity index (χ3n) is 3.74. The lowest BCUT2D eigenvalue weighted by Gasteiger charge is -2.07. The van der Waals surface area contributed by atoms with Crippen molar-refractivity contribution in [3.8, 4) is 11.3 Å². The average molecular weight is 349 g/mol. The molecule has 2 heterocycles. The predicted molar refractivity (Wildman–Crippen MR) is 88.3 cm³/mol. The summed E-state index contributed by atoms with van der Waals surface area (Å²) < 4.78 is 41.9. The summed E-state index contributed by atoms with van der Waals surface area (Å²) in [5.41, 5.74) is 0.345. The summed E-state index contributed by atoms with van der Waals surface area (Å²) in [6, 6.07) is 9.16. The largest absolute Gasteiger partial charge is 0.457 e. The molecule has 126 valence electrons. The minimum Gasteiger partial charge on any atom is -0.457 e. The Morgan fingerprint density at radius 2 is 2.04 bits per heavy atom. The quantitative estimate of drug-likeness (QED) is 0.860. The zero-order valence-electron chi connectivity index (χ0n) is 12.7. The smallest absolute Gasteiger partial charge is 0.244 e. The minimum absolute atomic E-state index is 0.0231. The molecule has 1 aromatic heterocycles. The molecular weight excluding hydrogens is 333 g/mol. The van der Waals surface area contributed by atoms with Gasteiger partial charge in [0.15, 0.2) is 9.84 Å². The monoisotopic (exact) mass is 349 g/mol. The van der Waals surface area contributed by atoms with Gasteiger partial charge in [0, 0.05) is 12.1 Å². The van der Waals surface area contributed by atoms with Crippen molar-refractivity contribution in [3.05, 3.63) is 54.1 Å². The van der Waals surface area contributed by atoms with Crippen molar-refractivity contribution < 1.29 is 22.0 Å². The van der Waals surface area contributed by atoms with Gasteiger partial charge in [0.2, 0.25) is 5.91 Å². The van der Waals surface area contributed by atoms with Crippen molar-refractivity contribution in [2.24, 2.45) is 0 Å². The van der Waals surface area contributed by atoms with Crippen LogP contribution >= 0.6 is 0 Å². The van der Waals surface area contributed by atoms with E-state index in [9.17, 15) is 17.6 Å². The van der Waals surface area contributed by atoms with Crippen LogP contribution in [0.3, 0.4) is 0 Å². The highest BCUT2D eigenvalue weighted by Crippen LogP contribution is 2.25. The number of sulfone groups is 1. The van der Waals surface area contributed by atoms with E-state index in [1.165, 1.54) is 18.2 Å². The zero-order chi connectivity index (χ0) is 17.2. The number of nitrogens with one attached hydrogen (secondary N) is 1. The van der Waals surface area contributed by atoms with Crippen molar-refractivity contribution in [2.75, 3.05) is 11.5 Å². The van der Waals surface area contributed by atoms with Crippen LogP contribution < -0.4 is 5.32 Å². The SMILES string of the molecule is O=C(C=Cc1ccc(-c2ccccc2F)o1)NC1CCS(=O)(=O)C1. The first kappa shape index (κ1) is 16.4. The van der Waals surface area contributed by atoms with Gasteiger partial charge in [-0.3, -0.25) is 4.79 Å². The van der Waals surface area contributed by atoms with E-state index < -0.39 is 9.84 Å². The summed E-state index contributed by atoms with van der Waals surface area (Å²) in [6.07, 6.45) is 3.16. The van der Waals surface area contributed by atoms with Crippen molar-refractivity contribution >= 4 is 21.8 Å². The predicted octanol–water partition coefficient (Wildman–Crippen LogP) is 2.40. The number of amides is 1. The second-order valence-corrected chi connectivity index (χ2v) is 7.85. The van der Waals surface area contributed by atoms with Gasteiger partial charge in [-0.1, -0.05) is 12.1 Å². The van der Waals surface area contributed by atoms with Crippen LogP contribution in [0.25, 0.3) is 17.4 Å². The number of halogens is 1. The van der Waals surface area contributed by atoms with E-state index in [-0.39, 0.29) is 29.3 Å². The van der Waals surface area contributed by atoms with Crippen molar-refractivity contribution in [3.63, 3.8) is 0 Å². The molecule has 24 heavy (non-hydrogen) atoms. The molecule has 1 aliphatic rings. The van der Waals surface area contributed by atoms with Gasteiger partial charge >= 0.3 is 0 Å². The number of hydrogen-bond donors (Lipinski definition) is 1. The number of benzene rings is 1. The molecule has 1 saturated heterocycles. The Morgan fingerprint density at radius 1 is 1.25 bits per heavy atom. The average Bonchev–Trinajstić information content (AvgIpc) is 3.12. The number of carbonyl (C=O) groups is 1. The van der Waals surface area contributed by atoms with Crippen molar-refractivity contribution in [1.29, 1.82) is 0 Å². The molecule has 1 atom stereocenters. The molecule has 0 saturated carbocycles. The lowest BCUT2D eigenvalue weighted by atomic mass is 10.1. The summed E-state index contributed by atoms with van der Waals surface area (Å²) in [4.78, 5) is 11.8. The van der Waals surface area contributed by atoms with E-state index >= 15 is 0 Å². The van der Waals surface area contributed by atoms with Crippen LogP contribution in [0, 0.1) is 5.82 Å². The molecule has 1 N–H and O–H groups in total. The summed E-state index contributed by atoms with van der Waals surface area (Å²) in [5.74, 6) is 0.0809. The summed E-state index contributed by atoms with van der Waals surface area (Å²) in [7, 11) is -3.03. The summed E-state index contributed by atoms with van der Waals surface area (Å²) in [5, 5.41) is 2.65. The fraction of sp³-hybridized carbons (Fsp3) is 0.235. The van der Waals surface area contributed by atoms with Crippen molar-refractivity contribution in [2.45, 2.75) is 12.5 Å². The van der Waals surface area contributed by atoms with E-state index in [0.717, 1.165) is 0 Å². The standard InChI is InChI=1S/C17H16FNO4S/c18-15-4-2-1-3-14(15)16-7-5-13(23-16)6-8-17(20)19-12-9-10-24(21,22)11-12/h1-8,12H,9-11H2,(H,19,20). The first-order valence-electron chi connectivity index (χ1n) is 7.47. The van der Waals surface area contributed by atoms with E-state index in [4.69, 9.17) is 4.42 Å². The molecule has 0 radical (unpaired) electrons. The Hall–Kier alpha value is -2.41. The van der Waals surface area contributed by atoms with Crippen LogP contribution in [-0.2, 0) is 14.6 Å². The Kier molecular flexibility index (Phi) is 4.53. The zero-order valence-corrected chi connectivity index (χ0v) is 13.6. The van der Waals surface area contributed by atoms with Crippen molar-refractivity contribution in [1.82, 2.24) is 5.32 Å². The van der Waals surface area contributed by atoms with Gasteiger partial charge < -0.3 is 9.73 Å². The molecule has 1 aromatic carbocycles. The highest BCUT2D eigenvalue weighted by Gasteiger charge is 2.28. The van der Waals surface area contributed by atoms with Gasteiger partial charge in [-0.25, -0.2) is 12.8 Å². The van der Waals surface area contributed by atoms with Gasteiger partial charge in [0.25, 0.3) is 0 Å². The number of rotatable bonds is 4. The Morgan fingerprint density at radius 3 is 2.75 bits per heavy atom. The molecule has 0 aliphatic carbocycles. The molecule has 3 rings (SSSR count). The Bertz CT molecular complexity index is 886. The first-order valence-corrected chi connectivity index (χ1v) is 9.29. The van der Waals surface area contributed by atoms with Gasteiger partial charge in [-0.15, -0.1) is 0 Å². The number of hydrogen-bond acceptors (Lipinski definition) is 4. The summed E-state index contributed by atoms with van der Waals surface area (Å²) >= 11 is 0. The third kappa shape index (κ3) is 3.91. The minimum atomic E-state index is -3.03. The number of carbonyl (C=O) groups excluding carboxylic acids is 1. The van der Waals surface area contributed by atoms with Gasteiger partial charge in [0.05, 0.1) is 17.1 Å². The molecule has 1 unspecified atom stereocenters. The molecule has 5 nitrogen and oxygen atoms in total. The Balaban J connectivity index is 1.63. The number of furan rings is 1. The van der Waals surface area contributed by atoms with Crippen LogP contribution in [0.2, 0.25) is 0 Å². The lowest BCUT2D eigenvalue weighted by molar-refractivity contribution is -0.116. The maximum absolute atomic E-state index is 13.7. The fourth-order valence-corrected chi connectivity index (χ4v) is 4.24. The van der Waals surface area contributed by atoms with E-state index in [1.54, 1.807) is 30.3 Å². The molecule has 2 aromatic rings. The van der Waals surface area contributed by atoms with Crippen LogP contribution in [0.1, 0.15) is 12.2 Å². The molecule has 0 spiro atoms. The normalized spacial score (nSPS) is 19.6. The van der Waals surface area contributed by atoms with Crippen LogP contribution in [-0.4, -0.2) is 31.9 Å². The van der Waals surface area contributed by atoms with Crippen LogP contribution in [0.15, 0.2) is 46.9 Å². The molecule has 1 aliphatic heterocycles. The second kappa shape index (κ2) is 6.60. The van der Waals surface area contributed by atoms with Gasteiger partial charge in [0.1, 0.15) is 17.3 Å². The third-order valence-corrected chi connectivity index (χ3v) is 5.51. The van der Waals surface area contributed by atoms with Crippen LogP contribution in [0.5, 0.6) is 0 Å². The maximum atomic E-state index is 13.7. The Labute approximate surface area is 139 Å². The maximum Gasteiger partial charge on any atom is 0.244 e. The highest BCUT2D eigenvalue weighted by atomic mass is 32.2. The first-order chi connectivity index (χ1) is 11.4.